The van der Waals surface area contributed by atoms with Crippen molar-refractivity contribution >= 4 is 21.6 Å². The Morgan fingerprint density at radius 2 is 2.00 bits per heavy atom. The second kappa shape index (κ2) is 5.97. The Labute approximate surface area is 121 Å². The minimum Gasteiger partial charge on any atom is -0.504 e. The van der Waals surface area contributed by atoms with E-state index in [0.29, 0.717) is 5.75 Å². The fourth-order valence-electron chi connectivity index (χ4n) is 1.89. The van der Waals surface area contributed by atoms with Gasteiger partial charge in [0.1, 0.15) is 0 Å². The summed E-state index contributed by atoms with van der Waals surface area (Å²) in [5.74, 6) is 0.606. The van der Waals surface area contributed by atoms with Crippen molar-refractivity contribution in [3.05, 3.63) is 52.5 Å². The lowest BCUT2D eigenvalue weighted by Crippen LogP contribution is -2.06. The van der Waals surface area contributed by atoms with Crippen molar-refractivity contribution in [3.63, 3.8) is 0 Å². The minimum atomic E-state index is 0.133. The van der Waals surface area contributed by atoms with Crippen LogP contribution in [0.15, 0.2) is 46.9 Å². The van der Waals surface area contributed by atoms with Crippen molar-refractivity contribution in [2.75, 3.05) is 12.4 Å². The number of rotatable bonds is 4. The predicted octanol–water partition coefficient (Wildman–Crippen LogP) is 4.34. The van der Waals surface area contributed by atoms with Crippen LogP contribution >= 0.6 is 15.9 Å². The molecule has 1 atom stereocenters. The zero-order chi connectivity index (χ0) is 13.8. The Morgan fingerprint density at radius 1 is 1.21 bits per heavy atom. The summed E-state index contributed by atoms with van der Waals surface area (Å²) in [6.45, 7) is 2.07. The van der Waals surface area contributed by atoms with Gasteiger partial charge in [-0.3, -0.25) is 0 Å². The van der Waals surface area contributed by atoms with Crippen LogP contribution in [0.5, 0.6) is 11.5 Å². The van der Waals surface area contributed by atoms with E-state index in [2.05, 4.69) is 40.3 Å². The van der Waals surface area contributed by atoms with Crippen molar-refractivity contribution in [2.45, 2.75) is 13.0 Å². The molecule has 1 unspecified atom stereocenters. The van der Waals surface area contributed by atoms with Crippen LogP contribution in [0.1, 0.15) is 18.5 Å². The number of aromatic hydroxyl groups is 1. The molecule has 0 aliphatic heterocycles. The number of phenols is 1. The summed E-state index contributed by atoms with van der Waals surface area (Å²) < 4.78 is 6.07. The maximum atomic E-state index is 9.75. The number of ether oxygens (including phenoxy) is 1. The molecule has 0 aliphatic rings. The van der Waals surface area contributed by atoms with Gasteiger partial charge in [0.05, 0.1) is 7.11 Å². The zero-order valence-electron chi connectivity index (χ0n) is 10.9. The summed E-state index contributed by atoms with van der Waals surface area (Å²) in [5, 5.41) is 13.1. The number of benzene rings is 2. The molecular weight excluding hydrogens is 306 g/mol. The molecule has 0 amide bonds. The Hall–Kier alpha value is -1.68. The summed E-state index contributed by atoms with van der Waals surface area (Å²) in [5.41, 5.74) is 2.02. The van der Waals surface area contributed by atoms with Gasteiger partial charge in [0, 0.05) is 22.3 Å². The maximum Gasteiger partial charge on any atom is 0.160 e. The Kier molecular flexibility index (Phi) is 4.32. The van der Waals surface area contributed by atoms with Crippen LogP contribution in [0.2, 0.25) is 0 Å². The number of hydrogen-bond acceptors (Lipinski definition) is 3. The van der Waals surface area contributed by atoms with Crippen molar-refractivity contribution in [1.82, 2.24) is 0 Å². The fourth-order valence-corrected chi connectivity index (χ4v) is 2.31. The van der Waals surface area contributed by atoms with Crippen molar-refractivity contribution in [2.24, 2.45) is 0 Å². The molecular formula is C15H16BrNO2. The van der Waals surface area contributed by atoms with Crippen LogP contribution in [0, 0.1) is 0 Å². The highest BCUT2D eigenvalue weighted by molar-refractivity contribution is 9.10. The van der Waals surface area contributed by atoms with Gasteiger partial charge < -0.3 is 15.2 Å². The topological polar surface area (TPSA) is 41.5 Å². The monoisotopic (exact) mass is 321 g/mol. The molecule has 2 aromatic carbocycles. The highest BCUT2D eigenvalue weighted by atomic mass is 79.9. The lowest BCUT2D eigenvalue weighted by molar-refractivity contribution is 0.373. The van der Waals surface area contributed by atoms with Crippen molar-refractivity contribution in [3.8, 4) is 11.5 Å². The normalized spacial score (nSPS) is 11.9. The van der Waals surface area contributed by atoms with E-state index < -0.39 is 0 Å². The molecule has 0 radical (unpaired) electrons. The number of halogens is 1. The predicted molar refractivity (Wildman–Crippen MR) is 80.8 cm³/mol. The Bertz CT molecular complexity index is 572. The van der Waals surface area contributed by atoms with Gasteiger partial charge in [0.15, 0.2) is 11.5 Å². The molecule has 0 saturated carbocycles. The van der Waals surface area contributed by atoms with E-state index in [4.69, 9.17) is 4.74 Å². The molecule has 0 saturated heterocycles. The average molecular weight is 322 g/mol. The van der Waals surface area contributed by atoms with Gasteiger partial charge in [-0.2, -0.15) is 0 Å². The molecule has 0 spiro atoms. The van der Waals surface area contributed by atoms with Gasteiger partial charge in [-0.1, -0.05) is 28.1 Å². The lowest BCUT2D eigenvalue weighted by atomic mass is 10.1. The molecule has 100 valence electrons. The Balaban J connectivity index is 2.14. The quantitative estimate of drug-likeness (QED) is 0.880. The molecule has 2 aromatic rings. The van der Waals surface area contributed by atoms with Gasteiger partial charge in [0.2, 0.25) is 0 Å². The van der Waals surface area contributed by atoms with E-state index in [1.54, 1.807) is 12.1 Å². The van der Waals surface area contributed by atoms with Crippen LogP contribution in [0.25, 0.3) is 0 Å². The van der Waals surface area contributed by atoms with Crippen molar-refractivity contribution < 1.29 is 9.84 Å². The van der Waals surface area contributed by atoms with Crippen LogP contribution in [0.4, 0.5) is 5.69 Å². The third-order valence-corrected chi connectivity index (χ3v) is 3.40. The van der Waals surface area contributed by atoms with Gasteiger partial charge >= 0.3 is 0 Å². The van der Waals surface area contributed by atoms with Gasteiger partial charge in [0.25, 0.3) is 0 Å². The molecule has 0 heterocycles. The third kappa shape index (κ3) is 3.41. The zero-order valence-corrected chi connectivity index (χ0v) is 12.4. The van der Waals surface area contributed by atoms with Crippen molar-refractivity contribution in [1.29, 1.82) is 0 Å². The number of anilines is 1. The second-order valence-electron chi connectivity index (χ2n) is 4.31. The first-order valence-corrected chi connectivity index (χ1v) is 6.78. The molecule has 4 heteroatoms. The molecule has 0 aliphatic carbocycles. The van der Waals surface area contributed by atoms with E-state index in [0.717, 1.165) is 10.2 Å². The first-order valence-electron chi connectivity index (χ1n) is 5.99. The minimum absolute atomic E-state index is 0.133. The van der Waals surface area contributed by atoms with E-state index in [-0.39, 0.29) is 11.8 Å². The number of nitrogens with one attached hydrogen (secondary N) is 1. The molecule has 0 fully saturated rings. The smallest absolute Gasteiger partial charge is 0.160 e. The molecule has 0 aromatic heterocycles. The highest BCUT2D eigenvalue weighted by Gasteiger charge is 2.07. The largest absolute Gasteiger partial charge is 0.504 e. The molecule has 0 bridgehead atoms. The molecule has 2 rings (SSSR count). The highest BCUT2D eigenvalue weighted by Crippen LogP contribution is 2.30. The van der Waals surface area contributed by atoms with Crippen LogP contribution < -0.4 is 10.1 Å². The summed E-state index contributed by atoms with van der Waals surface area (Å²) in [6, 6.07) is 13.6. The number of hydrogen-bond donors (Lipinski definition) is 2. The first kappa shape index (κ1) is 13.7. The van der Waals surface area contributed by atoms with E-state index in [1.807, 2.05) is 18.2 Å². The van der Waals surface area contributed by atoms with E-state index >= 15 is 0 Å². The van der Waals surface area contributed by atoms with E-state index in [1.165, 1.54) is 12.7 Å². The fraction of sp³-hybridized carbons (Fsp3) is 0.200. The summed E-state index contributed by atoms with van der Waals surface area (Å²) >= 11 is 3.46. The SMILES string of the molecule is COc1ccc(NC(C)c2cccc(Br)c2)cc1O. The lowest BCUT2D eigenvalue weighted by Gasteiger charge is -2.16. The first-order chi connectivity index (χ1) is 9.10. The maximum absolute atomic E-state index is 9.75. The Morgan fingerprint density at radius 3 is 2.63 bits per heavy atom. The third-order valence-electron chi connectivity index (χ3n) is 2.91. The summed E-state index contributed by atoms with van der Waals surface area (Å²) in [6.07, 6.45) is 0. The van der Waals surface area contributed by atoms with Crippen LogP contribution in [-0.2, 0) is 0 Å². The summed E-state index contributed by atoms with van der Waals surface area (Å²) in [7, 11) is 1.53. The van der Waals surface area contributed by atoms with Gasteiger partial charge in [-0.25, -0.2) is 0 Å². The second-order valence-corrected chi connectivity index (χ2v) is 5.22. The molecule has 2 N–H and O–H groups in total. The molecule has 19 heavy (non-hydrogen) atoms. The van der Waals surface area contributed by atoms with Crippen LogP contribution in [0.3, 0.4) is 0 Å². The van der Waals surface area contributed by atoms with Crippen LogP contribution in [-0.4, -0.2) is 12.2 Å². The van der Waals surface area contributed by atoms with Gasteiger partial charge in [-0.05, 0) is 36.8 Å². The van der Waals surface area contributed by atoms with Gasteiger partial charge in [-0.15, -0.1) is 0 Å². The number of phenolic OH excluding ortho intramolecular Hbond substituents is 1. The van der Waals surface area contributed by atoms with E-state index in [9.17, 15) is 5.11 Å². The standard InChI is InChI=1S/C15H16BrNO2/c1-10(11-4-3-5-12(16)8-11)17-13-6-7-15(19-2)14(18)9-13/h3-10,17-18H,1-2H3. The number of methoxy groups -OCH3 is 1. The summed E-state index contributed by atoms with van der Waals surface area (Å²) in [4.78, 5) is 0. The molecule has 3 nitrogen and oxygen atoms in total. The average Bonchev–Trinajstić information content (AvgIpc) is 2.39.